The smallest absolute Gasteiger partial charge is 0.223 e. The number of hydrogen-bond acceptors (Lipinski definition) is 5. The lowest BCUT2D eigenvalue weighted by Gasteiger charge is -2.26. The van der Waals surface area contributed by atoms with Crippen molar-refractivity contribution >= 4 is 21.8 Å². The molecule has 0 spiro atoms. The molecule has 0 radical (unpaired) electrons. The average molecular weight is 298 g/mol. The molecule has 6 heteroatoms. The number of morpholine rings is 1. The Kier molecular flexibility index (Phi) is 3.62. The molecule has 1 saturated heterocycles. The Hall–Kier alpha value is -2.18. The van der Waals surface area contributed by atoms with E-state index in [2.05, 4.69) is 26.1 Å². The summed E-state index contributed by atoms with van der Waals surface area (Å²) in [7, 11) is 0. The van der Waals surface area contributed by atoms with E-state index in [1.807, 2.05) is 24.4 Å². The highest BCUT2D eigenvalue weighted by molar-refractivity contribution is 6.06. The summed E-state index contributed by atoms with van der Waals surface area (Å²) in [5.41, 5.74) is 0.764. The first-order chi connectivity index (χ1) is 10.9. The molecular weight excluding hydrogens is 280 g/mol. The third-order valence-electron chi connectivity index (χ3n) is 4.03. The van der Waals surface area contributed by atoms with E-state index in [0.717, 1.165) is 54.7 Å². The van der Waals surface area contributed by atoms with Crippen LogP contribution in [0.15, 0.2) is 30.5 Å². The molecule has 1 aliphatic rings. The number of rotatable bonds is 4. The first-order valence-electron chi connectivity index (χ1n) is 7.56. The summed E-state index contributed by atoms with van der Waals surface area (Å²) < 4.78 is 11.3. The van der Waals surface area contributed by atoms with Gasteiger partial charge in [0.25, 0.3) is 0 Å². The van der Waals surface area contributed by atoms with Crippen molar-refractivity contribution in [3.8, 4) is 5.88 Å². The van der Waals surface area contributed by atoms with Gasteiger partial charge in [0.05, 0.1) is 19.4 Å². The zero-order chi connectivity index (χ0) is 14.8. The van der Waals surface area contributed by atoms with Gasteiger partial charge in [-0.15, -0.1) is 0 Å². The lowest BCUT2D eigenvalue weighted by Crippen LogP contribution is -2.38. The lowest BCUT2D eigenvalue weighted by molar-refractivity contribution is 0.0321. The summed E-state index contributed by atoms with van der Waals surface area (Å²) in [6.07, 6.45) is 1.81. The van der Waals surface area contributed by atoms with Gasteiger partial charge in [-0.05, 0) is 11.5 Å². The van der Waals surface area contributed by atoms with Crippen LogP contribution in [0.4, 0.5) is 0 Å². The fraction of sp³-hybridized carbons (Fsp3) is 0.375. The standard InChI is InChI=1S/C16H18N4O2/c1-2-4-13-12(3-1)14-11-17-19-15(14)18-16(13)22-10-7-20-5-8-21-9-6-20/h1-4,11H,5-10H2,(H,17,18,19). The summed E-state index contributed by atoms with van der Waals surface area (Å²) in [4.78, 5) is 6.91. The van der Waals surface area contributed by atoms with Gasteiger partial charge in [-0.1, -0.05) is 18.2 Å². The Bertz CT molecular complexity index is 780. The van der Waals surface area contributed by atoms with Crippen molar-refractivity contribution in [1.82, 2.24) is 20.1 Å². The second kappa shape index (κ2) is 5.90. The van der Waals surface area contributed by atoms with Crippen molar-refractivity contribution in [3.05, 3.63) is 30.5 Å². The second-order valence-corrected chi connectivity index (χ2v) is 5.40. The molecule has 0 saturated carbocycles. The number of nitrogens with zero attached hydrogens (tertiary/aromatic N) is 3. The SMILES string of the molecule is c1ccc2c(c1)c(OCCN1CCOCC1)nc1[nH]ncc12. The molecule has 3 aromatic rings. The van der Waals surface area contributed by atoms with Crippen molar-refractivity contribution in [1.29, 1.82) is 0 Å². The number of fused-ring (bicyclic) bond motifs is 3. The number of aromatic nitrogens is 3. The summed E-state index contributed by atoms with van der Waals surface area (Å²) >= 11 is 0. The molecule has 0 atom stereocenters. The Morgan fingerprint density at radius 2 is 1.95 bits per heavy atom. The zero-order valence-electron chi connectivity index (χ0n) is 12.3. The van der Waals surface area contributed by atoms with E-state index in [1.165, 1.54) is 0 Å². The van der Waals surface area contributed by atoms with Crippen molar-refractivity contribution in [2.45, 2.75) is 0 Å². The van der Waals surface area contributed by atoms with Crippen LogP contribution in [0.3, 0.4) is 0 Å². The molecular formula is C16H18N4O2. The minimum atomic E-state index is 0.622. The molecule has 0 unspecified atom stereocenters. The summed E-state index contributed by atoms with van der Waals surface area (Å²) in [5.74, 6) is 0.667. The molecule has 1 N–H and O–H groups in total. The van der Waals surface area contributed by atoms with Gasteiger partial charge in [0, 0.05) is 30.4 Å². The van der Waals surface area contributed by atoms with Crippen molar-refractivity contribution in [2.24, 2.45) is 0 Å². The molecule has 0 aliphatic carbocycles. The van der Waals surface area contributed by atoms with Crippen molar-refractivity contribution in [3.63, 3.8) is 0 Å². The third kappa shape index (κ3) is 2.51. The monoisotopic (exact) mass is 298 g/mol. The van der Waals surface area contributed by atoms with Gasteiger partial charge >= 0.3 is 0 Å². The van der Waals surface area contributed by atoms with Crippen LogP contribution in [0.25, 0.3) is 21.8 Å². The molecule has 3 heterocycles. The zero-order valence-corrected chi connectivity index (χ0v) is 12.3. The van der Waals surface area contributed by atoms with Gasteiger partial charge < -0.3 is 9.47 Å². The molecule has 6 nitrogen and oxygen atoms in total. The highest BCUT2D eigenvalue weighted by Crippen LogP contribution is 2.29. The normalized spacial score (nSPS) is 16.4. The van der Waals surface area contributed by atoms with E-state index in [1.54, 1.807) is 0 Å². The quantitative estimate of drug-likeness (QED) is 0.796. The molecule has 0 amide bonds. The first kappa shape index (κ1) is 13.5. The van der Waals surface area contributed by atoms with Gasteiger partial charge in [-0.2, -0.15) is 10.1 Å². The maximum Gasteiger partial charge on any atom is 0.223 e. The highest BCUT2D eigenvalue weighted by atomic mass is 16.5. The molecule has 22 heavy (non-hydrogen) atoms. The largest absolute Gasteiger partial charge is 0.476 e. The molecule has 1 fully saturated rings. The van der Waals surface area contributed by atoms with Gasteiger partial charge in [-0.25, -0.2) is 0 Å². The second-order valence-electron chi connectivity index (χ2n) is 5.40. The van der Waals surface area contributed by atoms with Gasteiger partial charge in [0.15, 0.2) is 5.65 Å². The topological polar surface area (TPSA) is 63.3 Å². The van der Waals surface area contributed by atoms with E-state index < -0.39 is 0 Å². The summed E-state index contributed by atoms with van der Waals surface area (Å²) in [5, 5.41) is 10.2. The third-order valence-corrected chi connectivity index (χ3v) is 4.03. The predicted octanol–water partition coefficient (Wildman–Crippen LogP) is 1.82. The van der Waals surface area contributed by atoms with Crippen LogP contribution in [-0.4, -0.2) is 59.5 Å². The van der Waals surface area contributed by atoms with Crippen LogP contribution in [0, 0.1) is 0 Å². The Labute approximate surface area is 128 Å². The van der Waals surface area contributed by atoms with Gasteiger partial charge in [0.2, 0.25) is 5.88 Å². The minimum Gasteiger partial charge on any atom is -0.476 e. The van der Waals surface area contributed by atoms with Crippen LogP contribution in [0.1, 0.15) is 0 Å². The highest BCUT2D eigenvalue weighted by Gasteiger charge is 2.12. The number of hydrogen-bond donors (Lipinski definition) is 1. The Morgan fingerprint density at radius 1 is 1.14 bits per heavy atom. The van der Waals surface area contributed by atoms with Crippen molar-refractivity contribution in [2.75, 3.05) is 39.5 Å². The molecule has 2 aromatic heterocycles. The van der Waals surface area contributed by atoms with Crippen LogP contribution < -0.4 is 4.74 Å². The number of H-pyrrole nitrogens is 1. The summed E-state index contributed by atoms with van der Waals surface area (Å²) in [6, 6.07) is 8.14. The van der Waals surface area contributed by atoms with E-state index in [9.17, 15) is 0 Å². The fourth-order valence-corrected chi connectivity index (χ4v) is 2.83. The van der Waals surface area contributed by atoms with Gasteiger partial charge in [-0.3, -0.25) is 10.00 Å². The number of nitrogens with one attached hydrogen (secondary N) is 1. The molecule has 1 aromatic carbocycles. The number of ether oxygens (including phenoxy) is 2. The maximum absolute atomic E-state index is 5.96. The van der Waals surface area contributed by atoms with Crippen molar-refractivity contribution < 1.29 is 9.47 Å². The molecule has 114 valence electrons. The van der Waals surface area contributed by atoms with Crippen LogP contribution in [-0.2, 0) is 4.74 Å². The van der Waals surface area contributed by atoms with Gasteiger partial charge in [0.1, 0.15) is 6.61 Å². The molecule has 0 bridgehead atoms. The predicted molar refractivity (Wildman–Crippen MR) is 84.1 cm³/mol. The van der Waals surface area contributed by atoms with E-state index in [0.29, 0.717) is 12.5 Å². The number of aromatic amines is 1. The molecule has 4 rings (SSSR count). The van der Waals surface area contributed by atoms with Crippen LogP contribution >= 0.6 is 0 Å². The van der Waals surface area contributed by atoms with Crippen LogP contribution in [0.5, 0.6) is 5.88 Å². The minimum absolute atomic E-state index is 0.622. The average Bonchev–Trinajstić information content (AvgIpc) is 3.04. The first-order valence-corrected chi connectivity index (χ1v) is 7.56. The molecule has 1 aliphatic heterocycles. The van der Waals surface area contributed by atoms with E-state index in [-0.39, 0.29) is 0 Å². The lowest BCUT2D eigenvalue weighted by atomic mass is 10.1. The van der Waals surface area contributed by atoms with E-state index in [4.69, 9.17) is 9.47 Å². The number of benzene rings is 1. The fourth-order valence-electron chi connectivity index (χ4n) is 2.83. The van der Waals surface area contributed by atoms with E-state index >= 15 is 0 Å². The maximum atomic E-state index is 5.96. The Balaban J connectivity index is 1.57. The Morgan fingerprint density at radius 3 is 2.82 bits per heavy atom. The van der Waals surface area contributed by atoms with Crippen LogP contribution in [0.2, 0.25) is 0 Å². The number of pyridine rings is 1. The summed E-state index contributed by atoms with van der Waals surface area (Å²) in [6.45, 7) is 5.06.